The Hall–Kier alpha value is -1.86. The second-order valence-corrected chi connectivity index (χ2v) is 4.72. The summed E-state index contributed by atoms with van der Waals surface area (Å²) in [6.45, 7) is 8.56. The summed E-state index contributed by atoms with van der Waals surface area (Å²) in [5, 5.41) is 0. The molecule has 0 aliphatic carbocycles. The summed E-state index contributed by atoms with van der Waals surface area (Å²) >= 11 is 0. The topological polar surface area (TPSA) is 9.23 Å². The van der Waals surface area contributed by atoms with Crippen LogP contribution in [0, 0.1) is 13.8 Å². The van der Waals surface area contributed by atoms with Crippen molar-refractivity contribution in [3.8, 4) is 0 Å². The Labute approximate surface area is 115 Å². The van der Waals surface area contributed by atoms with Crippen LogP contribution in [-0.2, 0) is 4.74 Å². The molecule has 1 atom stereocenters. The predicted octanol–water partition coefficient (Wildman–Crippen LogP) is 4.60. The Balaban J connectivity index is 2.46. The van der Waals surface area contributed by atoms with Gasteiger partial charge in [0, 0.05) is 0 Å². The minimum absolute atomic E-state index is 0.0274. The van der Waals surface area contributed by atoms with Crippen LogP contribution >= 0.6 is 0 Å². The first-order valence-corrected chi connectivity index (χ1v) is 6.57. The second kappa shape index (κ2) is 6.35. The van der Waals surface area contributed by atoms with Crippen LogP contribution < -0.4 is 0 Å². The van der Waals surface area contributed by atoms with E-state index in [9.17, 15) is 0 Å². The molecule has 0 aliphatic rings. The van der Waals surface area contributed by atoms with E-state index in [0.717, 1.165) is 0 Å². The Morgan fingerprint density at radius 1 is 1.00 bits per heavy atom. The SMILES string of the molecule is C=CCO[C@H](c1ccccc1)c1c(C)cccc1C. The third-order valence-electron chi connectivity index (χ3n) is 3.29. The summed E-state index contributed by atoms with van der Waals surface area (Å²) < 4.78 is 6.01. The van der Waals surface area contributed by atoms with Gasteiger partial charge < -0.3 is 4.74 Å². The lowest BCUT2D eigenvalue weighted by Crippen LogP contribution is -2.09. The van der Waals surface area contributed by atoms with Gasteiger partial charge in [0.1, 0.15) is 6.10 Å². The quantitative estimate of drug-likeness (QED) is 0.707. The van der Waals surface area contributed by atoms with Crippen LogP contribution in [0.25, 0.3) is 0 Å². The Bertz CT molecular complexity index is 523. The zero-order valence-electron chi connectivity index (χ0n) is 11.6. The molecule has 2 aromatic rings. The highest BCUT2D eigenvalue weighted by Crippen LogP contribution is 2.30. The van der Waals surface area contributed by atoms with Crippen LogP contribution in [0.2, 0.25) is 0 Å². The van der Waals surface area contributed by atoms with Crippen LogP contribution in [-0.4, -0.2) is 6.61 Å². The molecule has 0 amide bonds. The van der Waals surface area contributed by atoms with Gasteiger partial charge in [-0.2, -0.15) is 0 Å². The van der Waals surface area contributed by atoms with E-state index >= 15 is 0 Å². The molecule has 0 saturated carbocycles. The average molecular weight is 252 g/mol. The van der Waals surface area contributed by atoms with Crippen molar-refractivity contribution in [2.45, 2.75) is 20.0 Å². The molecule has 19 heavy (non-hydrogen) atoms. The summed E-state index contributed by atoms with van der Waals surface area (Å²) in [5.74, 6) is 0. The smallest absolute Gasteiger partial charge is 0.108 e. The van der Waals surface area contributed by atoms with Crippen molar-refractivity contribution in [3.63, 3.8) is 0 Å². The third kappa shape index (κ3) is 3.12. The van der Waals surface area contributed by atoms with E-state index < -0.39 is 0 Å². The molecular formula is C18H20O. The van der Waals surface area contributed by atoms with Gasteiger partial charge in [-0.05, 0) is 36.1 Å². The van der Waals surface area contributed by atoms with E-state index in [-0.39, 0.29) is 6.10 Å². The first-order chi connectivity index (χ1) is 9.24. The lowest BCUT2D eigenvalue weighted by molar-refractivity contribution is 0.103. The number of aryl methyl sites for hydroxylation is 2. The van der Waals surface area contributed by atoms with E-state index in [0.29, 0.717) is 6.61 Å². The first-order valence-electron chi connectivity index (χ1n) is 6.57. The summed E-state index contributed by atoms with van der Waals surface area (Å²) in [5.41, 5.74) is 4.97. The second-order valence-electron chi connectivity index (χ2n) is 4.72. The first kappa shape index (κ1) is 13.6. The number of hydrogen-bond donors (Lipinski definition) is 0. The van der Waals surface area contributed by atoms with E-state index in [1.165, 1.54) is 22.3 Å². The largest absolute Gasteiger partial charge is 0.365 e. The Morgan fingerprint density at radius 3 is 2.21 bits per heavy atom. The van der Waals surface area contributed by atoms with Crippen LogP contribution in [0.15, 0.2) is 61.2 Å². The standard InChI is InChI=1S/C18H20O/c1-4-13-19-18(16-11-6-5-7-12-16)17-14(2)9-8-10-15(17)3/h4-12,18H,1,13H2,2-3H3/t18-/m1/s1. The van der Waals surface area contributed by atoms with Gasteiger partial charge in [0.25, 0.3) is 0 Å². The number of benzene rings is 2. The molecule has 98 valence electrons. The van der Waals surface area contributed by atoms with Crippen molar-refractivity contribution in [3.05, 3.63) is 83.4 Å². The van der Waals surface area contributed by atoms with Crippen LogP contribution in [0.4, 0.5) is 0 Å². The molecule has 0 aromatic heterocycles. The van der Waals surface area contributed by atoms with E-state index in [1.54, 1.807) is 6.08 Å². The van der Waals surface area contributed by atoms with Gasteiger partial charge in [-0.1, -0.05) is 54.6 Å². The van der Waals surface area contributed by atoms with Gasteiger partial charge >= 0.3 is 0 Å². The molecule has 0 saturated heterocycles. The summed E-state index contributed by atoms with van der Waals surface area (Å²) in [7, 11) is 0. The molecule has 0 radical (unpaired) electrons. The van der Waals surface area contributed by atoms with Gasteiger partial charge in [-0.3, -0.25) is 0 Å². The van der Waals surface area contributed by atoms with Crippen molar-refractivity contribution >= 4 is 0 Å². The van der Waals surface area contributed by atoms with E-state index in [4.69, 9.17) is 4.74 Å². The lowest BCUT2D eigenvalue weighted by atomic mass is 9.93. The van der Waals surface area contributed by atoms with Gasteiger partial charge in [-0.25, -0.2) is 0 Å². The predicted molar refractivity (Wildman–Crippen MR) is 80.4 cm³/mol. The normalized spacial score (nSPS) is 12.1. The molecule has 2 aromatic carbocycles. The molecule has 0 aliphatic heterocycles. The maximum atomic E-state index is 6.01. The van der Waals surface area contributed by atoms with Gasteiger partial charge in [0.2, 0.25) is 0 Å². The van der Waals surface area contributed by atoms with Crippen molar-refractivity contribution in [1.29, 1.82) is 0 Å². The number of ether oxygens (including phenoxy) is 1. The number of rotatable bonds is 5. The average Bonchev–Trinajstić information content (AvgIpc) is 2.43. The molecule has 0 N–H and O–H groups in total. The highest BCUT2D eigenvalue weighted by molar-refractivity contribution is 5.40. The molecule has 2 rings (SSSR count). The minimum Gasteiger partial charge on any atom is -0.365 e. The molecule has 0 fully saturated rings. The number of hydrogen-bond acceptors (Lipinski definition) is 1. The molecular weight excluding hydrogens is 232 g/mol. The maximum absolute atomic E-state index is 6.01. The van der Waals surface area contributed by atoms with Gasteiger partial charge in [0.05, 0.1) is 6.61 Å². The van der Waals surface area contributed by atoms with E-state index in [2.05, 4.69) is 50.8 Å². The molecule has 1 nitrogen and oxygen atoms in total. The van der Waals surface area contributed by atoms with Crippen molar-refractivity contribution in [2.75, 3.05) is 6.61 Å². The zero-order valence-corrected chi connectivity index (χ0v) is 11.6. The minimum atomic E-state index is -0.0274. The van der Waals surface area contributed by atoms with E-state index in [1.807, 2.05) is 18.2 Å². The summed E-state index contributed by atoms with van der Waals surface area (Å²) in [6, 6.07) is 16.7. The monoisotopic (exact) mass is 252 g/mol. The summed E-state index contributed by atoms with van der Waals surface area (Å²) in [4.78, 5) is 0. The summed E-state index contributed by atoms with van der Waals surface area (Å²) in [6.07, 6.45) is 1.77. The highest BCUT2D eigenvalue weighted by Gasteiger charge is 2.18. The Kier molecular flexibility index (Phi) is 4.53. The Morgan fingerprint density at radius 2 is 1.63 bits per heavy atom. The van der Waals surface area contributed by atoms with Gasteiger partial charge in [0.15, 0.2) is 0 Å². The fraction of sp³-hybridized carbons (Fsp3) is 0.222. The molecule has 0 unspecified atom stereocenters. The molecule has 1 heteroatoms. The maximum Gasteiger partial charge on any atom is 0.108 e. The fourth-order valence-corrected chi connectivity index (χ4v) is 2.38. The van der Waals surface area contributed by atoms with Crippen molar-refractivity contribution in [2.24, 2.45) is 0 Å². The molecule has 0 spiro atoms. The third-order valence-corrected chi connectivity index (χ3v) is 3.29. The van der Waals surface area contributed by atoms with Crippen LogP contribution in [0.5, 0.6) is 0 Å². The zero-order chi connectivity index (χ0) is 13.7. The van der Waals surface area contributed by atoms with Crippen molar-refractivity contribution < 1.29 is 4.74 Å². The van der Waals surface area contributed by atoms with Crippen LogP contribution in [0.3, 0.4) is 0 Å². The van der Waals surface area contributed by atoms with Gasteiger partial charge in [-0.15, -0.1) is 6.58 Å². The molecule has 0 bridgehead atoms. The molecule has 0 heterocycles. The lowest BCUT2D eigenvalue weighted by Gasteiger charge is -2.22. The van der Waals surface area contributed by atoms with Crippen molar-refractivity contribution in [1.82, 2.24) is 0 Å². The van der Waals surface area contributed by atoms with Crippen LogP contribution in [0.1, 0.15) is 28.4 Å². The fourth-order valence-electron chi connectivity index (χ4n) is 2.38. The highest BCUT2D eigenvalue weighted by atomic mass is 16.5.